The van der Waals surface area contributed by atoms with E-state index in [0.717, 1.165) is 12.2 Å². The van der Waals surface area contributed by atoms with Crippen molar-refractivity contribution in [2.45, 2.75) is 17.1 Å². The van der Waals surface area contributed by atoms with Crippen LogP contribution in [0.3, 0.4) is 0 Å². The molecular weight excluding hydrogens is 226 g/mol. The van der Waals surface area contributed by atoms with E-state index < -0.39 is 25.9 Å². The Bertz CT molecular complexity index is 234. The van der Waals surface area contributed by atoms with Crippen molar-refractivity contribution >= 4 is 8.80 Å². The van der Waals surface area contributed by atoms with Gasteiger partial charge in [0, 0.05) is 5.54 Å². The summed E-state index contributed by atoms with van der Waals surface area (Å²) in [4.78, 5) is 0. The van der Waals surface area contributed by atoms with Gasteiger partial charge in [-0.3, -0.25) is 0 Å². The van der Waals surface area contributed by atoms with Crippen LogP contribution in [0.5, 0.6) is 0 Å². The van der Waals surface area contributed by atoms with E-state index in [-0.39, 0.29) is 0 Å². The van der Waals surface area contributed by atoms with Crippen LogP contribution in [0.4, 0.5) is 26.3 Å². The van der Waals surface area contributed by atoms with Gasteiger partial charge in [-0.2, -0.15) is 26.3 Å². The van der Waals surface area contributed by atoms with Crippen molar-refractivity contribution in [3.05, 3.63) is 24.3 Å². The minimum Gasteiger partial charge on any atom is -0.177 e. The lowest BCUT2D eigenvalue weighted by Crippen LogP contribution is -2.49. The van der Waals surface area contributed by atoms with Gasteiger partial charge in [0.15, 0.2) is 0 Å². The van der Waals surface area contributed by atoms with Gasteiger partial charge in [0.25, 0.3) is 0 Å². The summed E-state index contributed by atoms with van der Waals surface area (Å²) in [5.74, 6) is -10.2. The van der Waals surface area contributed by atoms with Crippen molar-refractivity contribution in [3.63, 3.8) is 0 Å². The van der Waals surface area contributed by atoms with Crippen LogP contribution in [-0.4, -0.2) is 20.4 Å². The van der Waals surface area contributed by atoms with Crippen molar-refractivity contribution in [2.75, 3.05) is 0 Å². The molecule has 0 aromatic rings. The largest absolute Gasteiger partial charge is 0.369 e. The highest BCUT2D eigenvalue weighted by molar-refractivity contribution is 6.65. The van der Waals surface area contributed by atoms with E-state index in [2.05, 4.69) is 0 Å². The number of allylic oxidation sites excluding steroid dienone is 4. The fraction of sp³-hybridized carbons (Fsp3) is 0.429. The Morgan fingerprint density at radius 1 is 0.786 bits per heavy atom. The fourth-order valence-corrected chi connectivity index (χ4v) is 3.24. The summed E-state index contributed by atoms with van der Waals surface area (Å²) in [5.41, 5.74) is -1.49. The summed E-state index contributed by atoms with van der Waals surface area (Å²) in [6, 6.07) is 0. The summed E-state index contributed by atoms with van der Waals surface area (Å²) in [6.07, 6.45) is 4.33. The Hall–Kier alpha value is -0.723. The second kappa shape index (κ2) is 3.45. The molecule has 0 fully saturated rings. The monoisotopic (exact) mass is 232 g/mol. The zero-order valence-electron chi connectivity index (χ0n) is 6.73. The summed E-state index contributed by atoms with van der Waals surface area (Å²) >= 11 is 0. The maximum atomic E-state index is 12.1. The van der Waals surface area contributed by atoms with Gasteiger partial charge in [-0.05, 0) is 0 Å². The standard InChI is InChI=1S/C7H6F6Si/c8-6(9,10)14(7(11,12)13)5-3-1-2-4-5/h1-5,14H. The van der Waals surface area contributed by atoms with Gasteiger partial charge in [0.1, 0.15) is 0 Å². The van der Waals surface area contributed by atoms with Crippen molar-refractivity contribution < 1.29 is 26.3 Å². The van der Waals surface area contributed by atoms with E-state index in [4.69, 9.17) is 0 Å². The summed E-state index contributed by atoms with van der Waals surface area (Å²) < 4.78 is 72.9. The molecule has 1 rings (SSSR count). The molecule has 0 heterocycles. The number of hydrogen-bond donors (Lipinski definition) is 0. The van der Waals surface area contributed by atoms with Gasteiger partial charge in [0.2, 0.25) is 0 Å². The lowest BCUT2D eigenvalue weighted by atomic mass is 10.5. The average Bonchev–Trinajstić information content (AvgIpc) is 2.31. The second-order valence-corrected chi connectivity index (χ2v) is 5.94. The van der Waals surface area contributed by atoms with Crippen LogP contribution in [-0.2, 0) is 0 Å². The van der Waals surface area contributed by atoms with Gasteiger partial charge in [-0.1, -0.05) is 24.3 Å². The molecule has 14 heavy (non-hydrogen) atoms. The van der Waals surface area contributed by atoms with Crippen LogP contribution in [0.2, 0.25) is 5.54 Å². The lowest BCUT2D eigenvalue weighted by Gasteiger charge is -2.24. The number of alkyl halides is 6. The number of rotatable bonds is 1. The molecule has 0 saturated heterocycles. The first-order valence-corrected chi connectivity index (χ1v) is 5.53. The highest BCUT2D eigenvalue weighted by atomic mass is 28.3. The Balaban J connectivity index is 2.94. The molecule has 0 N–H and O–H groups in total. The highest BCUT2D eigenvalue weighted by Gasteiger charge is 2.61. The number of hydrogen-bond acceptors (Lipinski definition) is 0. The maximum absolute atomic E-state index is 12.1. The Kier molecular flexibility index (Phi) is 2.80. The van der Waals surface area contributed by atoms with Gasteiger partial charge < -0.3 is 0 Å². The molecule has 0 unspecified atom stereocenters. The SMILES string of the molecule is FC(F)(F)[SiH](C1C=CC=C1)C(F)(F)F. The molecule has 0 aromatic heterocycles. The van der Waals surface area contributed by atoms with E-state index in [1.54, 1.807) is 0 Å². The fourth-order valence-electron chi connectivity index (χ4n) is 1.29. The molecule has 0 spiro atoms. The molecular formula is C7H6F6Si. The van der Waals surface area contributed by atoms with Crippen LogP contribution in [0.1, 0.15) is 0 Å². The zero-order valence-corrected chi connectivity index (χ0v) is 7.89. The minimum atomic E-state index is -5.12. The minimum absolute atomic E-state index is 0.956. The molecule has 0 amide bonds. The topological polar surface area (TPSA) is 0 Å². The molecule has 0 radical (unpaired) electrons. The summed E-state index contributed by atoms with van der Waals surface area (Å²) in [6.45, 7) is 0. The first-order chi connectivity index (χ1) is 6.23. The average molecular weight is 232 g/mol. The molecule has 0 bridgehead atoms. The maximum Gasteiger partial charge on any atom is 0.369 e. The van der Waals surface area contributed by atoms with E-state index in [1.807, 2.05) is 0 Å². The van der Waals surface area contributed by atoms with Crippen LogP contribution in [0.25, 0.3) is 0 Å². The van der Waals surface area contributed by atoms with E-state index in [0.29, 0.717) is 0 Å². The summed E-state index contributed by atoms with van der Waals surface area (Å²) in [7, 11) is -4.84. The van der Waals surface area contributed by atoms with Crippen LogP contribution < -0.4 is 0 Å². The molecule has 0 aliphatic heterocycles. The van der Waals surface area contributed by atoms with Crippen LogP contribution in [0.15, 0.2) is 24.3 Å². The molecule has 0 nitrogen and oxygen atoms in total. The molecule has 0 saturated carbocycles. The summed E-state index contributed by atoms with van der Waals surface area (Å²) in [5, 5.41) is 0. The van der Waals surface area contributed by atoms with Crippen molar-refractivity contribution in [1.29, 1.82) is 0 Å². The second-order valence-electron chi connectivity index (χ2n) is 2.91. The van der Waals surface area contributed by atoms with E-state index >= 15 is 0 Å². The molecule has 0 atom stereocenters. The molecule has 0 aromatic carbocycles. The van der Waals surface area contributed by atoms with Crippen molar-refractivity contribution in [3.8, 4) is 0 Å². The number of halogens is 6. The third-order valence-corrected chi connectivity index (χ3v) is 4.49. The van der Waals surface area contributed by atoms with Crippen LogP contribution in [0, 0.1) is 0 Å². The van der Waals surface area contributed by atoms with Gasteiger partial charge in [-0.25, -0.2) is 0 Å². The highest BCUT2D eigenvalue weighted by Crippen LogP contribution is 2.40. The van der Waals surface area contributed by atoms with E-state index in [9.17, 15) is 26.3 Å². The molecule has 1 aliphatic rings. The molecule has 1 aliphatic carbocycles. The Morgan fingerprint density at radius 2 is 1.14 bits per heavy atom. The quantitative estimate of drug-likeness (QED) is 0.481. The van der Waals surface area contributed by atoms with Gasteiger partial charge in [-0.15, -0.1) is 0 Å². The first-order valence-electron chi connectivity index (χ1n) is 3.71. The predicted molar refractivity (Wildman–Crippen MR) is 41.3 cm³/mol. The van der Waals surface area contributed by atoms with Crippen LogP contribution >= 0.6 is 0 Å². The van der Waals surface area contributed by atoms with E-state index in [1.165, 1.54) is 12.2 Å². The lowest BCUT2D eigenvalue weighted by molar-refractivity contribution is -0.105. The smallest absolute Gasteiger partial charge is 0.177 e. The van der Waals surface area contributed by atoms with Crippen molar-refractivity contribution in [1.82, 2.24) is 0 Å². The molecule has 7 heteroatoms. The van der Waals surface area contributed by atoms with Gasteiger partial charge in [0.05, 0.1) is 0 Å². The first kappa shape index (κ1) is 11.4. The normalized spacial score (nSPS) is 18.5. The van der Waals surface area contributed by atoms with Gasteiger partial charge >= 0.3 is 20.4 Å². The predicted octanol–water partition coefficient (Wildman–Crippen LogP) is 2.91. The third kappa shape index (κ3) is 2.40. The Morgan fingerprint density at radius 3 is 1.43 bits per heavy atom. The third-order valence-electron chi connectivity index (χ3n) is 1.87. The zero-order chi connectivity index (χ0) is 11.0. The van der Waals surface area contributed by atoms with Crippen molar-refractivity contribution in [2.24, 2.45) is 0 Å². The molecule has 80 valence electrons. The Labute approximate surface area is 77.5 Å².